The molecule has 1 aromatic rings. The highest BCUT2D eigenvalue weighted by Gasteiger charge is 2.32. The van der Waals surface area contributed by atoms with Gasteiger partial charge in [0.25, 0.3) is 0 Å². The van der Waals surface area contributed by atoms with E-state index in [1.54, 1.807) is 0 Å². The number of hydroxylamine groups is 2. The fourth-order valence-corrected chi connectivity index (χ4v) is 2.10. The van der Waals surface area contributed by atoms with E-state index >= 15 is 0 Å². The Bertz CT molecular complexity index is 569. The van der Waals surface area contributed by atoms with Gasteiger partial charge in [-0.05, 0) is 18.6 Å². The van der Waals surface area contributed by atoms with E-state index in [-0.39, 0.29) is 18.8 Å². The average molecular weight is 362 g/mol. The van der Waals surface area contributed by atoms with Crippen LogP contribution in [0.2, 0.25) is 0 Å². The van der Waals surface area contributed by atoms with E-state index in [1.807, 2.05) is 6.92 Å². The van der Waals surface area contributed by atoms with Crippen molar-refractivity contribution >= 4 is 18.1 Å². The zero-order valence-corrected chi connectivity index (χ0v) is 13.7. The number of hydrazine groups is 1. The van der Waals surface area contributed by atoms with Crippen molar-refractivity contribution in [3.05, 3.63) is 23.9 Å². The molecule has 1 aromatic heterocycles. The Balaban J connectivity index is 2.68. The smallest absolute Gasteiger partial charge is 0.286 e. The number of anilines is 1. The summed E-state index contributed by atoms with van der Waals surface area (Å²) >= 11 is 0. The molecule has 10 heteroatoms. The SMILES string of the molecule is CCCCCC(CN(O)C=O)C(=O)NNc1cccc(C(F)(F)F)n1. The van der Waals surface area contributed by atoms with Crippen molar-refractivity contribution in [3.63, 3.8) is 0 Å². The zero-order chi connectivity index (χ0) is 18.9. The van der Waals surface area contributed by atoms with Crippen molar-refractivity contribution < 1.29 is 28.0 Å². The Morgan fingerprint density at radius 3 is 2.72 bits per heavy atom. The highest BCUT2D eigenvalue weighted by molar-refractivity contribution is 5.80. The van der Waals surface area contributed by atoms with Crippen LogP contribution in [0.15, 0.2) is 18.2 Å². The Kier molecular flexibility index (Phi) is 8.12. The number of hydrogen-bond donors (Lipinski definition) is 3. The molecule has 0 radical (unpaired) electrons. The maximum atomic E-state index is 12.6. The van der Waals surface area contributed by atoms with Crippen LogP contribution < -0.4 is 10.9 Å². The molecule has 0 bridgehead atoms. The van der Waals surface area contributed by atoms with Crippen LogP contribution in [0.1, 0.15) is 38.3 Å². The van der Waals surface area contributed by atoms with Crippen LogP contribution in [-0.4, -0.2) is 34.1 Å². The molecule has 0 aliphatic carbocycles. The summed E-state index contributed by atoms with van der Waals surface area (Å²) in [7, 11) is 0. The van der Waals surface area contributed by atoms with Crippen molar-refractivity contribution in [2.45, 2.75) is 38.8 Å². The van der Waals surface area contributed by atoms with Gasteiger partial charge in [-0.15, -0.1) is 0 Å². The molecule has 1 rings (SSSR count). The molecular weight excluding hydrogens is 341 g/mol. The summed E-state index contributed by atoms with van der Waals surface area (Å²) in [6, 6.07) is 3.24. The van der Waals surface area contributed by atoms with Crippen molar-refractivity contribution in [2.24, 2.45) is 5.92 Å². The molecule has 0 saturated heterocycles. The van der Waals surface area contributed by atoms with Crippen LogP contribution in [0, 0.1) is 5.92 Å². The Morgan fingerprint density at radius 1 is 1.40 bits per heavy atom. The summed E-state index contributed by atoms with van der Waals surface area (Å²) in [6.45, 7) is 1.77. The number of unbranched alkanes of at least 4 members (excludes halogenated alkanes) is 2. The second-order valence-corrected chi connectivity index (χ2v) is 5.44. The van der Waals surface area contributed by atoms with E-state index < -0.39 is 23.7 Å². The number of halogens is 3. The lowest BCUT2D eigenvalue weighted by molar-refractivity contribution is -0.154. The maximum absolute atomic E-state index is 12.6. The molecule has 25 heavy (non-hydrogen) atoms. The van der Waals surface area contributed by atoms with Crippen LogP contribution in [0.5, 0.6) is 0 Å². The van der Waals surface area contributed by atoms with E-state index in [9.17, 15) is 28.0 Å². The van der Waals surface area contributed by atoms with Crippen LogP contribution in [0.4, 0.5) is 19.0 Å². The summed E-state index contributed by atoms with van der Waals surface area (Å²) in [5.74, 6) is -1.44. The molecule has 0 saturated carbocycles. The van der Waals surface area contributed by atoms with Crippen LogP contribution in [-0.2, 0) is 15.8 Å². The van der Waals surface area contributed by atoms with Gasteiger partial charge in [0, 0.05) is 0 Å². The van der Waals surface area contributed by atoms with Gasteiger partial charge < -0.3 is 0 Å². The minimum atomic E-state index is -4.59. The van der Waals surface area contributed by atoms with Crippen molar-refractivity contribution in [2.75, 3.05) is 12.0 Å². The van der Waals surface area contributed by atoms with E-state index in [0.717, 1.165) is 25.0 Å². The number of carbonyl (C=O) groups is 2. The molecular formula is C15H21F3N4O3. The van der Waals surface area contributed by atoms with Gasteiger partial charge in [-0.2, -0.15) is 13.2 Å². The fourth-order valence-electron chi connectivity index (χ4n) is 2.10. The number of pyridine rings is 1. The first-order chi connectivity index (χ1) is 11.8. The minimum Gasteiger partial charge on any atom is -0.286 e. The van der Waals surface area contributed by atoms with E-state index in [2.05, 4.69) is 15.8 Å². The second-order valence-electron chi connectivity index (χ2n) is 5.44. The van der Waals surface area contributed by atoms with Gasteiger partial charge in [0.2, 0.25) is 12.3 Å². The Hall–Kier alpha value is -2.36. The van der Waals surface area contributed by atoms with E-state index in [1.165, 1.54) is 6.07 Å². The normalized spacial score (nSPS) is 12.4. The predicted molar refractivity (Wildman–Crippen MR) is 83.2 cm³/mol. The maximum Gasteiger partial charge on any atom is 0.433 e. The number of aromatic nitrogens is 1. The number of hydrogen-bond acceptors (Lipinski definition) is 5. The highest BCUT2D eigenvalue weighted by Crippen LogP contribution is 2.28. The summed E-state index contributed by atoms with van der Waals surface area (Å²) in [4.78, 5) is 26.0. The molecule has 0 aromatic carbocycles. The van der Waals surface area contributed by atoms with E-state index in [0.29, 0.717) is 17.9 Å². The van der Waals surface area contributed by atoms with Gasteiger partial charge in [-0.3, -0.25) is 25.6 Å². The molecule has 1 heterocycles. The summed E-state index contributed by atoms with van der Waals surface area (Å²) in [5, 5.41) is 9.63. The number of rotatable bonds is 10. The first kappa shape index (κ1) is 20.7. The average Bonchev–Trinajstić information content (AvgIpc) is 2.58. The minimum absolute atomic E-state index is 0.174. The molecule has 3 N–H and O–H groups in total. The topological polar surface area (TPSA) is 94.6 Å². The van der Waals surface area contributed by atoms with Gasteiger partial charge >= 0.3 is 6.18 Å². The lowest BCUT2D eigenvalue weighted by Crippen LogP contribution is -2.40. The number of nitrogens with zero attached hydrogens (tertiary/aromatic N) is 2. The lowest BCUT2D eigenvalue weighted by Gasteiger charge is -2.20. The van der Waals surface area contributed by atoms with Crippen LogP contribution in [0.3, 0.4) is 0 Å². The molecule has 7 nitrogen and oxygen atoms in total. The quantitative estimate of drug-likeness (QED) is 0.257. The molecule has 0 aliphatic heterocycles. The highest BCUT2D eigenvalue weighted by atomic mass is 19.4. The number of alkyl halides is 3. The van der Waals surface area contributed by atoms with Gasteiger partial charge in [0.1, 0.15) is 11.5 Å². The molecule has 0 aliphatic rings. The fraction of sp³-hybridized carbons (Fsp3) is 0.533. The van der Waals surface area contributed by atoms with Gasteiger partial charge in [0.05, 0.1) is 12.5 Å². The summed E-state index contributed by atoms with van der Waals surface area (Å²) < 4.78 is 37.8. The molecule has 1 unspecified atom stereocenters. The Morgan fingerprint density at radius 2 is 2.12 bits per heavy atom. The zero-order valence-electron chi connectivity index (χ0n) is 13.7. The van der Waals surface area contributed by atoms with Crippen LogP contribution in [0.25, 0.3) is 0 Å². The third-order valence-electron chi connectivity index (χ3n) is 3.41. The monoisotopic (exact) mass is 362 g/mol. The van der Waals surface area contributed by atoms with Gasteiger partial charge in [0.15, 0.2) is 0 Å². The number of amides is 2. The van der Waals surface area contributed by atoms with Crippen LogP contribution >= 0.6 is 0 Å². The molecule has 140 valence electrons. The third kappa shape index (κ3) is 7.38. The molecule has 1 atom stereocenters. The third-order valence-corrected chi connectivity index (χ3v) is 3.41. The summed E-state index contributed by atoms with van der Waals surface area (Å²) in [6.07, 6.45) is -1.48. The number of nitrogens with one attached hydrogen (secondary N) is 2. The molecule has 2 amide bonds. The first-order valence-corrected chi connectivity index (χ1v) is 7.78. The van der Waals surface area contributed by atoms with Gasteiger partial charge in [-0.25, -0.2) is 10.0 Å². The Labute approximate surface area is 143 Å². The lowest BCUT2D eigenvalue weighted by atomic mass is 10.0. The summed E-state index contributed by atoms with van der Waals surface area (Å²) in [5.41, 5.74) is 3.49. The van der Waals surface area contributed by atoms with Gasteiger partial charge in [-0.1, -0.05) is 32.3 Å². The van der Waals surface area contributed by atoms with Crippen molar-refractivity contribution in [1.82, 2.24) is 15.5 Å². The first-order valence-electron chi connectivity index (χ1n) is 7.78. The van der Waals surface area contributed by atoms with E-state index in [4.69, 9.17) is 0 Å². The molecule has 0 spiro atoms. The number of carbonyl (C=O) groups excluding carboxylic acids is 2. The standard InChI is InChI=1S/C15H21F3N4O3/c1-2-3-4-6-11(9-22(25)10-23)14(24)21-20-13-8-5-7-12(19-13)15(16,17)18/h5,7-8,10-11,25H,2-4,6,9H2,1H3,(H,19,20)(H,21,24). The predicted octanol–water partition coefficient (Wildman–Crippen LogP) is 2.59. The van der Waals surface area contributed by atoms with Crippen molar-refractivity contribution in [1.29, 1.82) is 0 Å². The van der Waals surface area contributed by atoms with Crippen molar-refractivity contribution in [3.8, 4) is 0 Å². The largest absolute Gasteiger partial charge is 0.433 e. The second kappa shape index (κ2) is 9.82. The molecule has 0 fully saturated rings.